The summed E-state index contributed by atoms with van der Waals surface area (Å²) in [5, 5.41) is 3.77. The molecule has 0 aliphatic rings. The number of benzene rings is 1. The summed E-state index contributed by atoms with van der Waals surface area (Å²) in [5.74, 6) is -0.377. The Morgan fingerprint density at radius 3 is 2.72 bits per heavy atom. The number of methoxy groups -OCH3 is 1. The van der Waals surface area contributed by atoms with Gasteiger partial charge in [-0.15, -0.1) is 0 Å². The van der Waals surface area contributed by atoms with E-state index in [2.05, 4.69) is 10.1 Å². The second kappa shape index (κ2) is 8.34. The summed E-state index contributed by atoms with van der Waals surface area (Å²) < 4.78 is 20.3. The number of carbonyl (C=O) groups is 2. The van der Waals surface area contributed by atoms with E-state index in [1.807, 2.05) is 6.92 Å². The predicted molar refractivity (Wildman–Crippen MR) is 85.5 cm³/mol. The van der Waals surface area contributed by atoms with Gasteiger partial charge >= 0.3 is 5.97 Å². The zero-order valence-corrected chi connectivity index (χ0v) is 14.3. The molecule has 0 radical (unpaired) electrons. The van der Waals surface area contributed by atoms with Crippen LogP contribution in [0.5, 0.6) is 11.5 Å². The van der Waals surface area contributed by atoms with Crippen molar-refractivity contribution in [2.75, 3.05) is 13.7 Å². The number of aromatic nitrogens is 2. The molecule has 0 spiro atoms. The highest BCUT2D eigenvalue weighted by atomic mass is 35.5. The normalized spacial score (nSPS) is 10.4. The predicted octanol–water partition coefficient (Wildman–Crippen LogP) is 1.52. The second-order valence-electron chi connectivity index (χ2n) is 4.78. The Hall–Kier alpha value is -2.81. The molecule has 0 atom stereocenters. The van der Waals surface area contributed by atoms with Crippen LogP contribution in [-0.4, -0.2) is 35.7 Å². The van der Waals surface area contributed by atoms with Gasteiger partial charge in [0.2, 0.25) is 0 Å². The summed E-state index contributed by atoms with van der Waals surface area (Å²) in [6.45, 7) is 1.32. The molecule has 1 amide bonds. The van der Waals surface area contributed by atoms with Gasteiger partial charge in [-0.1, -0.05) is 23.7 Å². The number of nitrogens with zero attached hydrogens (tertiary/aromatic N) is 2. The van der Waals surface area contributed by atoms with Crippen molar-refractivity contribution in [3.8, 4) is 11.5 Å². The maximum atomic E-state index is 12.2. The standard InChI is InChI=1S/C15H16ClN3O6/c1-3-12-18-13(25-19-12)7-24-15(21)8-4-9(16)14(10(5-8)22-2)23-6-11(17)20/h4-5H,3,6-7H2,1-2H3,(H2,17,20). The maximum absolute atomic E-state index is 12.2. The fraction of sp³-hybridized carbons (Fsp3) is 0.333. The molecule has 0 saturated carbocycles. The Labute approximate surface area is 148 Å². The summed E-state index contributed by atoms with van der Waals surface area (Å²) in [7, 11) is 1.36. The lowest BCUT2D eigenvalue weighted by Gasteiger charge is -2.12. The molecule has 0 fully saturated rings. The van der Waals surface area contributed by atoms with Gasteiger partial charge < -0.3 is 24.5 Å². The van der Waals surface area contributed by atoms with Gasteiger partial charge in [-0.3, -0.25) is 4.79 Å². The van der Waals surface area contributed by atoms with Crippen molar-refractivity contribution >= 4 is 23.5 Å². The minimum Gasteiger partial charge on any atom is -0.493 e. The largest absolute Gasteiger partial charge is 0.493 e. The highest BCUT2D eigenvalue weighted by Crippen LogP contribution is 2.36. The highest BCUT2D eigenvalue weighted by molar-refractivity contribution is 6.32. The molecule has 134 valence electrons. The van der Waals surface area contributed by atoms with Crippen molar-refractivity contribution in [1.82, 2.24) is 10.1 Å². The summed E-state index contributed by atoms with van der Waals surface area (Å²) in [5.41, 5.74) is 5.15. The molecule has 0 aliphatic carbocycles. The van der Waals surface area contributed by atoms with Crippen molar-refractivity contribution < 1.29 is 28.3 Å². The minimum atomic E-state index is -0.674. The summed E-state index contributed by atoms with van der Waals surface area (Å²) in [6.07, 6.45) is 0.608. The molecule has 0 unspecified atom stereocenters. The van der Waals surface area contributed by atoms with Crippen LogP contribution in [0, 0.1) is 0 Å². The van der Waals surface area contributed by atoms with Crippen LogP contribution in [0.1, 0.15) is 29.0 Å². The number of rotatable bonds is 8. The zero-order chi connectivity index (χ0) is 18.4. The first kappa shape index (κ1) is 18.5. The Bertz CT molecular complexity index is 777. The van der Waals surface area contributed by atoms with E-state index in [-0.39, 0.29) is 41.2 Å². The van der Waals surface area contributed by atoms with E-state index in [0.29, 0.717) is 12.2 Å². The Morgan fingerprint density at radius 1 is 1.36 bits per heavy atom. The van der Waals surface area contributed by atoms with E-state index in [4.69, 9.17) is 36.1 Å². The van der Waals surface area contributed by atoms with Crippen molar-refractivity contribution in [1.29, 1.82) is 0 Å². The lowest BCUT2D eigenvalue weighted by molar-refractivity contribution is -0.119. The van der Waals surface area contributed by atoms with E-state index in [0.717, 1.165) is 0 Å². The van der Waals surface area contributed by atoms with E-state index < -0.39 is 11.9 Å². The minimum absolute atomic E-state index is 0.0682. The molecule has 1 heterocycles. The van der Waals surface area contributed by atoms with Crippen LogP contribution in [0.25, 0.3) is 0 Å². The number of ether oxygens (including phenoxy) is 3. The van der Waals surface area contributed by atoms with Crippen LogP contribution in [0.15, 0.2) is 16.7 Å². The number of aryl methyl sites for hydroxylation is 1. The fourth-order valence-corrected chi connectivity index (χ4v) is 2.09. The first-order valence-electron chi connectivity index (χ1n) is 7.21. The fourth-order valence-electron chi connectivity index (χ4n) is 1.82. The smallest absolute Gasteiger partial charge is 0.338 e. The van der Waals surface area contributed by atoms with Gasteiger partial charge in [0, 0.05) is 6.42 Å². The lowest BCUT2D eigenvalue weighted by Crippen LogP contribution is -2.20. The van der Waals surface area contributed by atoms with E-state index >= 15 is 0 Å². The monoisotopic (exact) mass is 369 g/mol. The first-order chi connectivity index (χ1) is 11.9. The maximum Gasteiger partial charge on any atom is 0.338 e. The zero-order valence-electron chi connectivity index (χ0n) is 13.6. The summed E-state index contributed by atoms with van der Waals surface area (Å²) in [4.78, 5) is 27.0. The average Bonchev–Trinajstić information content (AvgIpc) is 3.05. The quantitative estimate of drug-likeness (QED) is 0.694. The van der Waals surface area contributed by atoms with Crippen molar-refractivity contribution in [3.05, 3.63) is 34.4 Å². The molecule has 0 aliphatic heterocycles. The molecule has 10 heteroatoms. The van der Waals surface area contributed by atoms with Gasteiger partial charge in [-0.05, 0) is 12.1 Å². The third-order valence-electron chi connectivity index (χ3n) is 2.98. The third kappa shape index (κ3) is 4.83. The van der Waals surface area contributed by atoms with Gasteiger partial charge in [-0.25, -0.2) is 4.79 Å². The van der Waals surface area contributed by atoms with Gasteiger partial charge in [0.1, 0.15) is 0 Å². The van der Waals surface area contributed by atoms with Gasteiger partial charge in [0.05, 0.1) is 17.7 Å². The first-order valence-corrected chi connectivity index (χ1v) is 7.59. The number of esters is 1. The number of nitrogens with two attached hydrogens (primary N) is 1. The second-order valence-corrected chi connectivity index (χ2v) is 5.19. The number of amides is 1. The van der Waals surface area contributed by atoms with Crippen LogP contribution in [0.4, 0.5) is 0 Å². The molecule has 9 nitrogen and oxygen atoms in total. The lowest BCUT2D eigenvalue weighted by atomic mass is 10.2. The van der Waals surface area contributed by atoms with Crippen molar-refractivity contribution in [2.45, 2.75) is 20.0 Å². The number of primary amides is 1. The Balaban J connectivity index is 2.10. The third-order valence-corrected chi connectivity index (χ3v) is 3.26. The molecule has 2 N–H and O–H groups in total. The average molecular weight is 370 g/mol. The van der Waals surface area contributed by atoms with Gasteiger partial charge in [0.15, 0.2) is 30.5 Å². The number of halogens is 1. The number of carbonyl (C=O) groups excluding carboxylic acids is 2. The molecule has 2 rings (SSSR count). The summed E-state index contributed by atoms with van der Waals surface area (Å²) in [6, 6.07) is 2.70. The molecule has 0 bridgehead atoms. The van der Waals surface area contributed by atoms with Gasteiger partial charge in [-0.2, -0.15) is 4.98 Å². The number of hydrogen-bond donors (Lipinski definition) is 1. The Morgan fingerprint density at radius 2 is 2.12 bits per heavy atom. The number of hydrogen-bond acceptors (Lipinski definition) is 8. The van der Waals surface area contributed by atoms with Crippen LogP contribution in [-0.2, 0) is 22.6 Å². The van der Waals surface area contributed by atoms with Crippen LogP contribution in [0.3, 0.4) is 0 Å². The molecule has 25 heavy (non-hydrogen) atoms. The molecule has 0 saturated heterocycles. The summed E-state index contributed by atoms with van der Waals surface area (Å²) >= 11 is 6.07. The van der Waals surface area contributed by atoms with Crippen LogP contribution < -0.4 is 15.2 Å². The molecule has 1 aromatic carbocycles. The van der Waals surface area contributed by atoms with E-state index in [1.165, 1.54) is 19.2 Å². The topological polar surface area (TPSA) is 127 Å². The van der Waals surface area contributed by atoms with Crippen LogP contribution in [0.2, 0.25) is 5.02 Å². The highest BCUT2D eigenvalue weighted by Gasteiger charge is 2.18. The Kier molecular flexibility index (Phi) is 6.18. The molecule has 2 aromatic rings. The van der Waals surface area contributed by atoms with Gasteiger partial charge in [0.25, 0.3) is 11.8 Å². The van der Waals surface area contributed by atoms with E-state index in [9.17, 15) is 9.59 Å². The van der Waals surface area contributed by atoms with Crippen molar-refractivity contribution in [2.24, 2.45) is 5.73 Å². The molecule has 1 aromatic heterocycles. The van der Waals surface area contributed by atoms with Crippen molar-refractivity contribution in [3.63, 3.8) is 0 Å². The van der Waals surface area contributed by atoms with Crippen LogP contribution >= 0.6 is 11.6 Å². The van der Waals surface area contributed by atoms with E-state index in [1.54, 1.807) is 0 Å². The SMILES string of the molecule is CCc1noc(COC(=O)c2cc(Cl)c(OCC(N)=O)c(OC)c2)n1. The molecular weight excluding hydrogens is 354 g/mol. The molecular formula is C15H16ClN3O6.